The fourth-order valence-corrected chi connectivity index (χ4v) is 4.22. The van der Waals surface area contributed by atoms with Crippen LogP contribution in [0.5, 0.6) is 11.5 Å². The zero-order valence-corrected chi connectivity index (χ0v) is 17.5. The van der Waals surface area contributed by atoms with Gasteiger partial charge in [-0.15, -0.1) is 0 Å². The SMILES string of the molecule is O=C(c1ccccc1)c1cc(-c2cccc3n[nH]nc23)c(-c2cccc3n[nH]nc23)c(O)c1O. The van der Waals surface area contributed by atoms with E-state index in [1.165, 1.54) is 0 Å². The van der Waals surface area contributed by atoms with Crippen LogP contribution in [0, 0.1) is 0 Å². The van der Waals surface area contributed by atoms with Gasteiger partial charge < -0.3 is 10.2 Å². The van der Waals surface area contributed by atoms with E-state index in [1.54, 1.807) is 60.7 Å². The fraction of sp³-hybridized carbons (Fsp3) is 0. The number of ketones is 1. The smallest absolute Gasteiger partial charge is 0.196 e. The lowest BCUT2D eigenvalue weighted by atomic mass is 9.88. The number of phenols is 2. The van der Waals surface area contributed by atoms with Crippen LogP contribution in [-0.2, 0) is 0 Å². The largest absolute Gasteiger partial charge is 0.504 e. The summed E-state index contributed by atoms with van der Waals surface area (Å²) >= 11 is 0. The molecule has 0 amide bonds. The van der Waals surface area contributed by atoms with Crippen LogP contribution in [0.15, 0.2) is 72.8 Å². The number of nitrogens with zero attached hydrogens (tertiary/aromatic N) is 4. The van der Waals surface area contributed by atoms with Crippen molar-refractivity contribution in [1.29, 1.82) is 0 Å². The highest BCUT2D eigenvalue weighted by Crippen LogP contribution is 2.48. The second-order valence-electron chi connectivity index (χ2n) is 7.73. The van der Waals surface area contributed by atoms with Gasteiger partial charge in [-0.2, -0.15) is 30.8 Å². The molecule has 0 aliphatic heterocycles. The van der Waals surface area contributed by atoms with E-state index in [9.17, 15) is 15.0 Å². The van der Waals surface area contributed by atoms with E-state index >= 15 is 0 Å². The minimum Gasteiger partial charge on any atom is -0.504 e. The average molecular weight is 448 g/mol. The summed E-state index contributed by atoms with van der Waals surface area (Å²) in [6.45, 7) is 0. The number of hydrogen-bond donors (Lipinski definition) is 4. The molecule has 6 aromatic rings. The molecule has 2 aromatic heterocycles. The monoisotopic (exact) mass is 448 g/mol. The number of para-hydroxylation sites is 2. The molecule has 0 saturated heterocycles. The molecule has 0 aliphatic rings. The van der Waals surface area contributed by atoms with Gasteiger partial charge in [-0.25, -0.2) is 0 Å². The molecule has 9 heteroatoms. The van der Waals surface area contributed by atoms with Crippen molar-refractivity contribution in [2.45, 2.75) is 0 Å². The van der Waals surface area contributed by atoms with Crippen LogP contribution in [-0.4, -0.2) is 46.8 Å². The molecular weight excluding hydrogens is 432 g/mol. The second kappa shape index (κ2) is 7.52. The van der Waals surface area contributed by atoms with Gasteiger partial charge in [0.2, 0.25) is 0 Å². The first-order chi connectivity index (χ1) is 16.6. The molecular formula is C25H16N6O3. The number of aromatic nitrogens is 6. The molecule has 2 heterocycles. The molecule has 164 valence electrons. The Morgan fingerprint density at radius 2 is 1.26 bits per heavy atom. The average Bonchev–Trinajstić information content (AvgIpc) is 3.55. The second-order valence-corrected chi connectivity index (χ2v) is 7.73. The number of aromatic amines is 2. The number of hydrogen-bond acceptors (Lipinski definition) is 7. The van der Waals surface area contributed by atoms with Gasteiger partial charge in [-0.3, -0.25) is 4.79 Å². The van der Waals surface area contributed by atoms with Gasteiger partial charge in [0.1, 0.15) is 22.1 Å². The number of fused-ring (bicyclic) bond motifs is 2. The lowest BCUT2D eigenvalue weighted by molar-refractivity contribution is 0.103. The third-order valence-electron chi connectivity index (χ3n) is 5.81. The van der Waals surface area contributed by atoms with Crippen LogP contribution >= 0.6 is 0 Å². The molecule has 0 bridgehead atoms. The zero-order valence-electron chi connectivity index (χ0n) is 17.5. The number of phenolic OH excluding ortho intramolecular Hbond substituents is 2. The number of carbonyl (C=O) groups excluding carboxylic acids is 1. The first-order valence-electron chi connectivity index (χ1n) is 10.4. The van der Waals surface area contributed by atoms with Crippen LogP contribution in [0.25, 0.3) is 44.3 Å². The number of benzene rings is 4. The molecule has 34 heavy (non-hydrogen) atoms. The molecule has 0 atom stereocenters. The van der Waals surface area contributed by atoms with Gasteiger partial charge in [0.15, 0.2) is 17.3 Å². The Kier molecular flexibility index (Phi) is 4.34. The Bertz CT molecular complexity index is 1700. The third-order valence-corrected chi connectivity index (χ3v) is 5.81. The minimum absolute atomic E-state index is 0.0322. The van der Waals surface area contributed by atoms with Crippen molar-refractivity contribution in [1.82, 2.24) is 30.8 Å². The molecule has 0 unspecified atom stereocenters. The molecule has 0 spiro atoms. The Balaban J connectivity index is 1.71. The highest BCUT2D eigenvalue weighted by Gasteiger charge is 2.26. The first kappa shape index (κ1) is 19.6. The van der Waals surface area contributed by atoms with Gasteiger partial charge in [0.25, 0.3) is 0 Å². The Morgan fingerprint density at radius 1 is 0.647 bits per heavy atom. The van der Waals surface area contributed by atoms with Gasteiger partial charge in [0, 0.05) is 22.3 Å². The standard InChI is InChI=1S/C25H16N6O3/c32-23(13-6-2-1-3-7-13)17-12-16(14-8-4-10-18-21(14)28-30-26-18)20(25(34)24(17)33)15-9-5-11-19-22(15)29-31-27-19/h1-12,33-34H,(H,26,28,30)(H,27,29,31). The Hall–Kier alpha value is -5.05. The van der Waals surface area contributed by atoms with E-state index in [-0.39, 0.29) is 5.56 Å². The summed E-state index contributed by atoms with van der Waals surface area (Å²) in [6.07, 6.45) is 0. The predicted molar refractivity (Wildman–Crippen MR) is 125 cm³/mol. The lowest BCUT2D eigenvalue weighted by Crippen LogP contribution is -2.03. The molecule has 4 N–H and O–H groups in total. The van der Waals surface area contributed by atoms with Crippen LogP contribution < -0.4 is 0 Å². The van der Waals surface area contributed by atoms with E-state index < -0.39 is 17.3 Å². The quantitative estimate of drug-likeness (QED) is 0.234. The molecule has 9 nitrogen and oxygen atoms in total. The van der Waals surface area contributed by atoms with Crippen molar-refractivity contribution in [3.63, 3.8) is 0 Å². The summed E-state index contributed by atoms with van der Waals surface area (Å²) in [7, 11) is 0. The van der Waals surface area contributed by atoms with Crippen LogP contribution in [0.1, 0.15) is 15.9 Å². The summed E-state index contributed by atoms with van der Waals surface area (Å²) in [5, 5.41) is 44.3. The molecule has 0 radical (unpaired) electrons. The maximum Gasteiger partial charge on any atom is 0.196 e. The summed E-state index contributed by atoms with van der Waals surface area (Å²) in [4.78, 5) is 13.3. The van der Waals surface area contributed by atoms with E-state index in [1.807, 2.05) is 12.1 Å². The number of carbonyl (C=O) groups is 1. The Labute approximate surface area is 191 Å². The van der Waals surface area contributed by atoms with Crippen molar-refractivity contribution < 1.29 is 15.0 Å². The van der Waals surface area contributed by atoms with Crippen molar-refractivity contribution in [2.75, 3.05) is 0 Å². The van der Waals surface area contributed by atoms with E-state index in [0.29, 0.717) is 49.9 Å². The number of H-pyrrole nitrogens is 2. The maximum atomic E-state index is 13.3. The number of aromatic hydroxyl groups is 2. The maximum absolute atomic E-state index is 13.3. The summed E-state index contributed by atoms with van der Waals surface area (Å²) < 4.78 is 0. The van der Waals surface area contributed by atoms with Crippen LogP contribution in [0.4, 0.5) is 0 Å². The lowest BCUT2D eigenvalue weighted by Gasteiger charge is -2.17. The predicted octanol–water partition coefficient (Wildman–Crippen LogP) is 4.21. The van der Waals surface area contributed by atoms with E-state index in [2.05, 4.69) is 30.8 Å². The summed E-state index contributed by atoms with van der Waals surface area (Å²) in [5.41, 5.74) is 4.57. The van der Waals surface area contributed by atoms with E-state index in [0.717, 1.165) is 0 Å². The highest BCUT2D eigenvalue weighted by atomic mass is 16.3. The zero-order chi connectivity index (χ0) is 23.2. The minimum atomic E-state index is -0.513. The van der Waals surface area contributed by atoms with Gasteiger partial charge in [0.05, 0.1) is 5.56 Å². The first-order valence-corrected chi connectivity index (χ1v) is 10.4. The molecule has 0 saturated carbocycles. The molecule has 0 aliphatic carbocycles. The highest BCUT2D eigenvalue weighted by molar-refractivity contribution is 6.14. The van der Waals surface area contributed by atoms with Crippen molar-refractivity contribution in [2.24, 2.45) is 0 Å². The van der Waals surface area contributed by atoms with E-state index in [4.69, 9.17) is 0 Å². The van der Waals surface area contributed by atoms with Gasteiger partial charge in [-0.05, 0) is 23.8 Å². The summed E-state index contributed by atoms with van der Waals surface area (Å²) in [6, 6.07) is 20.9. The number of rotatable bonds is 4. The van der Waals surface area contributed by atoms with Crippen LogP contribution in [0.2, 0.25) is 0 Å². The molecule has 4 aromatic carbocycles. The van der Waals surface area contributed by atoms with Crippen molar-refractivity contribution >= 4 is 27.9 Å². The third kappa shape index (κ3) is 2.91. The molecule has 6 rings (SSSR count). The van der Waals surface area contributed by atoms with Crippen molar-refractivity contribution in [3.8, 4) is 33.8 Å². The molecule has 0 fully saturated rings. The fourth-order valence-electron chi connectivity index (χ4n) is 4.22. The normalized spacial score (nSPS) is 11.3. The Morgan fingerprint density at radius 3 is 1.94 bits per heavy atom. The van der Waals surface area contributed by atoms with Gasteiger partial charge in [-0.1, -0.05) is 54.6 Å². The topological polar surface area (TPSA) is 141 Å². The van der Waals surface area contributed by atoms with Crippen molar-refractivity contribution in [3.05, 3.63) is 83.9 Å². The van der Waals surface area contributed by atoms with Crippen LogP contribution in [0.3, 0.4) is 0 Å². The number of nitrogens with one attached hydrogen (secondary N) is 2. The van der Waals surface area contributed by atoms with Gasteiger partial charge >= 0.3 is 0 Å². The summed E-state index contributed by atoms with van der Waals surface area (Å²) in [5.74, 6) is -1.37.